The number of nitrogens with two attached hydrogens (primary N) is 1. The molecule has 1 heterocycles. The molecule has 1 aromatic rings. The van der Waals surface area contributed by atoms with Gasteiger partial charge in [-0.1, -0.05) is 19.8 Å². The number of rotatable bonds is 5. The highest BCUT2D eigenvalue weighted by atomic mass is 15.2. The second kappa shape index (κ2) is 5.87. The highest BCUT2D eigenvalue weighted by molar-refractivity contribution is 5.04. The van der Waals surface area contributed by atoms with Crippen LogP contribution >= 0.6 is 0 Å². The summed E-state index contributed by atoms with van der Waals surface area (Å²) in [6, 6.07) is 2.13. The van der Waals surface area contributed by atoms with E-state index in [4.69, 9.17) is 5.73 Å². The lowest BCUT2D eigenvalue weighted by Crippen LogP contribution is -2.37. The van der Waals surface area contributed by atoms with E-state index >= 15 is 0 Å². The molecule has 0 aliphatic heterocycles. The Morgan fingerprint density at radius 2 is 2.17 bits per heavy atom. The first-order chi connectivity index (χ1) is 8.67. The van der Waals surface area contributed by atoms with Gasteiger partial charge in [0, 0.05) is 13.2 Å². The summed E-state index contributed by atoms with van der Waals surface area (Å²) in [7, 11) is 1.98. The van der Waals surface area contributed by atoms with Crippen LogP contribution in [0, 0.1) is 11.3 Å². The Morgan fingerprint density at radius 1 is 1.44 bits per heavy atom. The van der Waals surface area contributed by atoms with E-state index in [2.05, 4.69) is 18.1 Å². The highest BCUT2D eigenvalue weighted by Gasteiger charge is 2.34. The molecule has 0 bridgehead atoms. The van der Waals surface area contributed by atoms with Crippen molar-refractivity contribution in [1.82, 2.24) is 9.78 Å². The molecule has 2 N–H and O–H groups in total. The van der Waals surface area contributed by atoms with Gasteiger partial charge in [0.15, 0.2) is 0 Å². The van der Waals surface area contributed by atoms with Crippen LogP contribution in [0.5, 0.6) is 0 Å². The van der Waals surface area contributed by atoms with Gasteiger partial charge in [-0.05, 0) is 56.0 Å². The summed E-state index contributed by atoms with van der Waals surface area (Å²) in [5, 5.41) is 4.51. The van der Waals surface area contributed by atoms with Crippen LogP contribution < -0.4 is 5.73 Å². The van der Waals surface area contributed by atoms with Crippen molar-refractivity contribution < 1.29 is 0 Å². The van der Waals surface area contributed by atoms with Crippen molar-refractivity contribution in [2.75, 3.05) is 6.54 Å². The normalized spacial score (nSPS) is 28.5. The summed E-state index contributed by atoms with van der Waals surface area (Å²) in [6.07, 6.45) is 11.1. The summed E-state index contributed by atoms with van der Waals surface area (Å²) in [5.41, 5.74) is 7.60. The summed E-state index contributed by atoms with van der Waals surface area (Å²) >= 11 is 0. The van der Waals surface area contributed by atoms with Crippen LogP contribution in [0.1, 0.15) is 51.1 Å². The van der Waals surface area contributed by atoms with E-state index in [0.717, 1.165) is 18.9 Å². The van der Waals surface area contributed by atoms with E-state index in [1.807, 2.05) is 17.9 Å². The summed E-state index contributed by atoms with van der Waals surface area (Å²) in [4.78, 5) is 0. The molecule has 0 unspecified atom stereocenters. The van der Waals surface area contributed by atoms with Gasteiger partial charge in [0.1, 0.15) is 0 Å². The van der Waals surface area contributed by atoms with E-state index in [1.165, 1.54) is 44.2 Å². The van der Waals surface area contributed by atoms with Gasteiger partial charge in [-0.2, -0.15) is 5.10 Å². The lowest BCUT2D eigenvalue weighted by molar-refractivity contribution is 0.149. The quantitative estimate of drug-likeness (QED) is 0.872. The van der Waals surface area contributed by atoms with Gasteiger partial charge in [0.05, 0.1) is 5.69 Å². The van der Waals surface area contributed by atoms with Gasteiger partial charge in [-0.15, -0.1) is 0 Å². The number of nitrogens with zero attached hydrogens (tertiary/aromatic N) is 2. The van der Waals surface area contributed by atoms with Gasteiger partial charge >= 0.3 is 0 Å². The highest BCUT2D eigenvalue weighted by Crippen LogP contribution is 2.41. The molecule has 102 valence electrons. The van der Waals surface area contributed by atoms with Gasteiger partial charge in [-0.3, -0.25) is 4.68 Å². The maximum Gasteiger partial charge on any atom is 0.0630 e. The molecule has 3 heteroatoms. The van der Waals surface area contributed by atoms with Crippen LogP contribution in [0.2, 0.25) is 0 Å². The minimum absolute atomic E-state index is 0.318. The second-order valence-corrected chi connectivity index (χ2v) is 6.09. The number of hydrogen-bond acceptors (Lipinski definition) is 2. The van der Waals surface area contributed by atoms with E-state index < -0.39 is 0 Å². The maximum atomic E-state index is 6.08. The molecular formula is C15H27N3. The Kier molecular flexibility index (Phi) is 4.44. The Balaban J connectivity index is 1.96. The van der Waals surface area contributed by atoms with Crippen LogP contribution in [0.4, 0.5) is 0 Å². The van der Waals surface area contributed by atoms with Crippen LogP contribution in [0.25, 0.3) is 0 Å². The first-order valence-electron chi connectivity index (χ1n) is 7.36. The fraction of sp³-hybridized carbons (Fsp3) is 0.800. The molecule has 3 nitrogen and oxygen atoms in total. The molecule has 2 rings (SSSR count). The van der Waals surface area contributed by atoms with Crippen LogP contribution in [-0.4, -0.2) is 16.3 Å². The Hall–Kier alpha value is -0.830. The van der Waals surface area contributed by atoms with Crippen molar-refractivity contribution in [3.05, 3.63) is 18.0 Å². The zero-order valence-electron chi connectivity index (χ0n) is 11.9. The van der Waals surface area contributed by atoms with Crippen molar-refractivity contribution in [3.8, 4) is 0 Å². The largest absolute Gasteiger partial charge is 0.330 e. The zero-order valence-corrected chi connectivity index (χ0v) is 11.9. The maximum absolute atomic E-state index is 6.08. The standard InChI is InChI=1S/C15H27N3/c1-3-4-13-5-8-15(12-16,9-6-13)11-14-7-10-18(2)17-14/h7,10,13H,3-6,8-9,11-12,16H2,1-2H3. The molecular weight excluding hydrogens is 222 g/mol. The topological polar surface area (TPSA) is 43.8 Å². The van der Waals surface area contributed by atoms with Crippen molar-refractivity contribution >= 4 is 0 Å². The molecule has 0 aromatic carbocycles. The van der Waals surface area contributed by atoms with Crippen LogP contribution in [-0.2, 0) is 13.5 Å². The third-order valence-corrected chi connectivity index (χ3v) is 4.62. The third-order valence-electron chi connectivity index (χ3n) is 4.62. The first kappa shape index (κ1) is 13.6. The summed E-state index contributed by atoms with van der Waals surface area (Å²) in [5.74, 6) is 0.943. The SMILES string of the molecule is CCCC1CCC(CN)(Cc2ccn(C)n2)CC1. The fourth-order valence-corrected chi connectivity index (χ4v) is 3.38. The molecule has 1 aliphatic rings. The molecule has 0 amide bonds. The van der Waals surface area contributed by atoms with E-state index in [1.54, 1.807) is 0 Å². The number of aromatic nitrogens is 2. The minimum Gasteiger partial charge on any atom is -0.330 e. The molecule has 1 aromatic heterocycles. The predicted molar refractivity (Wildman–Crippen MR) is 75.3 cm³/mol. The minimum atomic E-state index is 0.318. The lowest BCUT2D eigenvalue weighted by atomic mass is 9.67. The Labute approximate surface area is 111 Å². The molecule has 0 atom stereocenters. The first-order valence-corrected chi connectivity index (χ1v) is 7.36. The number of aryl methyl sites for hydroxylation is 1. The van der Waals surface area contributed by atoms with Crippen LogP contribution in [0.15, 0.2) is 12.3 Å². The Morgan fingerprint density at radius 3 is 2.67 bits per heavy atom. The Bertz CT molecular complexity index is 362. The molecule has 18 heavy (non-hydrogen) atoms. The van der Waals surface area contributed by atoms with Gasteiger partial charge in [0.25, 0.3) is 0 Å². The van der Waals surface area contributed by atoms with Gasteiger partial charge in [0.2, 0.25) is 0 Å². The predicted octanol–water partition coefficient (Wildman–Crippen LogP) is 2.90. The average molecular weight is 249 g/mol. The number of hydrogen-bond donors (Lipinski definition) is 1. The van der Waals surface area contributed by atoms with Gasteiger partial charge < -0.3 is 5.73 Å². The van der Waals surface area contributed by atoms with Crippen molar-refractivity contribution in [1.29, 1.82) is 0 Å². The molecule has 1 aliphatic carbocycles. The van der Waals surface area contributed by atoms with E-state index in [9.17, 15) is 0 Å². The van der Waals surface area contributed by atoms with Crippen molar-refractivity contribution in [3.63, 3.8) is 0 Å². The molecule has 1 saturated carbocycles. The molecule has 0 saturated heterocycles. The smallest absolute Gasteiger partial charge is 0.0630 e. The molecule has 1 fully saturated rings. The van der Waals surface area contributed by atoms with E-state index in [-0.39, 0.29) is 0 Å². The second-order valence-electron chi connectivity index (χ2n) is 6.09. The van der Waals surface area contributed by atoms with Crippen LogP contribution in [0.3, 0.4) is 0 Å². The molecule has 0 spiro atoms. The van der Waals surface area contributed by atoms with E-state index in [0.29, 0.717) is 5.41 Å². The van der Waals surface area contributed by atoms with Gasteiger partial charge in [-0.25, -0.2) is 0 Å². The zero-order chi connectivity index (χ0) is 13.0. The van der Waals surface area contributed by atoms with Crippen molar-refractivity contribution in [2.45, 2.75) is 51.9 Å². The summed E-state index contributed by atoms with van der Waals surface area (Å²) < 4.78 is 1.89. The summed E-state index contributed by atoms with van der Waals surface area (Å²) in [6.45, 7) is 3.10. The lowest BCUT2D eigenvalue weighted by Gasteiger charge is -2.39. The average Bonchev–Trinajstić information content (AvgIpc) is 2.78. The fourth-order valence-electron chi connectivity index (χ4n) is 3.38. The molecule has 0 radical (unpaired) electrons. The monoisotopic (exact) mass is 249 g/mol. The third kappa shape index (κ3) is 3.14. The van der Waals surface area contributed by atoms with Crippen molar-refractivity contribution in [2.24, 2.45) is 24.1 Å².